The quantitative estimate of drug-likeness (QED) is 0.538. The zero-order valence-corrected chi connectivity index (χ0v) is 6.06. The summed E-state index contributed by atoms with van der Waals surface area (Å²) < 4.78 is 0. The molecule has 0 spiro atoms. The second-order valence-electron chi connectivity index (χ2n) is 2.43. The van der Waals surface area contributed by atoms with Crippen LogP contribution in [-0.4, -0.2) is 23.3 Å². The van der Waals surface area contributed by atoms with Gasteiger partial charge in [0.1, 0.15) is 5.56 Å². The Hall–Kier alpha value is 0.210. The lowest BCUT2D eigenvalue weighted by molar-refractivity contribution is 0.183. The van der Waals surface area contributed by atoms with Gasteiger partial charge in [-0.1, -0.05) is 18.0 Å². The maximum absolute atomic E-state index is 8.88. The molecule has 1 unspecified atom stereocenters. The minimum Gasteiger partial charge on any atom is -0.376 e. The molecule has 2 nitrogen and oxygen atoms in total. The van der Waals surface area contributed by atoms with Crippen LogP contribution in [0.2, 0.25) is 0 Å². The molecule has 1 aliphatic rings. The van der Waals surface area contributed by atoms with Gasteiger partial charge in [-0.25, -0.2) is 0 Å². The molecule has 1 rings (SSSR count). The topological polar surface area (TPSA) is 32.3 Å². The van der Waals surface area contributed by atoms with Crippen LogP contribution < -0.4 is 5.32 Å². The van der Waals surface area contributed by atoms with E-state index in [1.807, 2.05) is 0 Å². The highest BCUT2D eigenvalue weighted by molar-refractivity contribution is 6.19. The normalized spacial score (nSPS) is 32.0. The first-order valence-electron chi connectivity index (χ1n) is 3.36. The van der Waals surface area contributed by atoms with E-state index in [9.17, 15) is 0 Å². The molecule has 0 aromatic heterocycles. The zero-order chi connectivity index (χ0) is 6.69. The van der Waals surface area contributed by atoms with Crippen LogP contribution >= 0.6 is 11.6 Å². The van der Waals surface area contributed by atoms with Crippen LogP contribution in [0.5, 0.6) is 0 Å². The van der Waals surface area contributed by atoms with Gasteiger partial charge < -0.3 is 10.4 Å². The molecule has 3 heteroatoms. The van der Waals surface area contributed by atoms with Crippen LogP contribution in [-0.2, 0) is 0 Å². The third-order valence-electron chi connectivity index (χ3n) is 1.68. The van der Waals surface area contributed by atoms with Gasteiger partial charge in [0.15, 0.2) is 0 Å². The van der Waals surface area contributed by atoms with Gasteiger partial charge in [-0.3, -0.25) is 0 Å². The summed E-state index contributed by atoms with van der Waals surface area (Å²) in [4.78, 5) is 0. The van der Waals surface area contributed by atoms with E-state index >= 15 is 0 Å². The van der Waals surface area contributed by atoms with E-state index in [4.69, 9.17) is 16.7 Å². The molecule has 0 bridgehead atoms. The van der Waals surface area contributed by atoms with Gasteiger partial charge in [0.2, 0.25) is 0 Å². The average Bonchev–Trinajstić information content (AvgIpc) is 1.90. The minimum absolute atomic E-state index is 0.125. The first-order chi connectivity index (χ1) is 4.30. The smallest absolute Gasteiger partial charge is 0.143 e. The summed E-state index contributed by atoms with van der Waals surface area (Å²) in [5, 5.41) is 12.0. The molecule has 2 atom stereocenters. The molecule has 0 aromatic carbocycles. The highest BCUT2D eigenvalue weighted by atomic mass is 35.5. The molecular weight excluding hydrogens is 138 g/mol. The highest BCUT2D eigenvalue weighted by Crippen LogP contribution is 2.11. The molecule has 2 N–H and O–H groups in total. The van der Waals surface area contributed by atoms with Crippen LogP contribution in [0.3, 0.4) is 0 Å². The first kappa shape index (κ1) is 7.32. The van der Waals surface area contributed by atoms with Crippen LogP contribution in [0.25, 0.3) is 0 Å². The maximum Gasteiger partial charge on any atom is 0.143 e. The number of aliphatic hydroxyl groups excluding tert-OH is 1. The van der Waals surface area contributed by atoms with Crippen LogP contribution in [0.15, 0.2) is 0 Å². The van der Waals surface area contributed by atoms with Crippen molar-refractivity contribution < 1.29 is 5.11 Å². The number of hydrogen-bond acceptors (Lipinski definition) is 2. The molecular formula is C6H12ClNO. The van der Waals surface area contributed by atoms with E-state index in [-0.39, 0.29) is 6.04 Å². The zero-order valence-electron chi connectivity index (χ0n) is 5.31. The average molecular weight is 150 g/mol. The van der Waals surface area contributed by atoms with E-state index < -0.39 is 5.56 Å². The molecule has 1 aliphatic heterocycles. The lowest BCUT2D eigenvalue weighted by Crippen LogP contribution is -2.40. The molecule has 9 heavy (non-hydrogen) atoms. The van der Waals surface area contributed by atoms with E-state index in [1.54, 1.807) is 0 Å². The van der Waals surface area contributed by atoms with Crippen molar-refractivity contribution >= 4 is 11.6 Å². The Labute approximate surface area is 60.2 Å². The van der Waals surface area contributed by atoms with E-state index in [0.717, 1.165) is 13.0 Å². The SMILES string of the molecule is O[C@@H](Cl)C1CCCCN1. The van der Waals surface area contributed by atoms with Gasteiger partial charge in [0.25, 0.3) is 0 Å². The van der Waals surface area contributed by atoms with E-state index in [1.165, 1.54) is 12.8 Å². The number of alkyl halides is 1. The summed E-state index contributed by atoms with van der Waals surface area (Å²) in [6.07, 6.45) is 3.40. The van der Waals surface area contributed by atoms with Gasteiger partial charge in [0.05, 0.1) is 0 Å². The van der Waals surface area contributed by atoms with Crippen molar-refractivity contribution in [2.75, 3.05) is 6.54 Å². The summed E-state index contributed by atoms with van der Waals surface area (Å²) in [6, 6.07) is 0.125. The fourth-order valence-electron chi connectivity index (χ4n) is 1.11. The fraction of sp³-hybridized carbons (Fsp3) is 1.00. The van der Waals surface area contributed by atoms with Crippen LogP contribution in [0.1, 0.15) is 19.3 Å². The molecule has 54 valence electrons. The van der Waals surface area contributed by atoms with Crippen molar-refractivity contribution in [1.82, 2.24) is 5.32 Å². The van der Waals surface area contributed by atoms with Crippen molar-refractivity contribution in [1.29, 1.82) is 0 Å². The number of hydrogen-bond donors (Lipinski definition) is 2. The van der Waals surface area contributed by atoms with E-state index in [0.29, 0.717) is 0 Å². The molecule has 0 radical (unpaired) electrons. The Morgan fingerprint density at radius 3 is 2.67 bits per heavy atom. The second kappa shape index (κ2) is 3.40. The molecule has 0 aromatic rings. The molecule has 0 saturated carbocycles. The third-order valence-corrected chi connectivity index (χ3v) is 1.98. The number of rotatable bonds is 1. The minimum atomic E-state index is -0.703. The number of piperidine rings is 1. The fourth-order valence-corrected chi connectivity index (χ4v) is 1.33. The Morgan fingerprint density at radius 2 is 2.33 bits per heavy atom. The van der Waals surface area contributed by atoms with Crippen molar-refractivity contribution in [3.8, 4) is 0 Å². The third kappa shape index (κ3) is 2.12. The lowest BCUT2D eigenvalue weighted by Gasteiger charge is -2.24. The second-order valence-corrected chi connectivity index (χ2v) is 2.88. The Morgan fingerprint density at radius 1 is 1.56 bits per heavy atom. The van der Waals surface area contributed by atoms with Crippen molar-refractivity contribution in [2.24, 2.45) is 0 Å². The summed E-state index contributed by atoms with van der Waals surface area (Å²) in [5.41, 5.74) is -0.703. The maximum atomic E-state index is 8.88. The van der Waals surface area contributed by atoms with Gasteiger partial charge in [0, 0.05) is 6.04 Å². The van der Waals surface area contributed by atoms with Gasteiger partial charge in [-0.05, 0) is 19.4 Å². The van der Waals surface area contributed by atoms with Crippen molar-refractivity contribution in [3.05, 3.63) is 0 Å². The summed E-state index contributed by atoms with van der Waals surface area (Å²) in [6.45, 7) is 0.994. The lowest BCUT2D eigenvalue weighted by atomic mass is 10.1. The highest BCUT2D eigenvalue weighted by Gasteiger charge is 2.17. The predicted molar refractivity (Wildman–Crippen MR) is 37.5 cm³/mol. The molecule has 1 saturated heterocycles. The summed E-state index contributed by atoms with van der Waals surface area (Å²) >= 11 is 5.45. The number of aliphatic hydroxyl groups is 1. The Balaban J connectivity index is 2.23. The van der Waals surface area contributed by atoms with Gasteiger partial charge in [-0.2, -0.15) is 0 Å². The van der Waals surface area contributed by atoms with Crippen LogP contribution in [0, 0.1) is 0 Å². The first-order valence-corrected chi connectivity index (χ1v) is 3.80. The molecule has 1 fully saturated rings. The van der Waals surface area contributed by atoms with Crippen LogP contribution in [0.4, 0.5) is 0 Å². The molecule has 0 amide bonds. The Bertz CT molecular complexity index is 81.1. The standard InChI is InChI=1S/C6H12ClNO/c7-6(9)5-3-1-2-4-8-5/h5-6,8-9H,1-4H2/t5?,6-/m1/s1. The number of halogens is 1. The molecule has 1 heterocycles. The van der Waals surface area contributed by atoms with Crippen molar-refractivity contribution in [2.45, 2.75) is 30.9 Å². The largest absolute Gasteiger partial charge is 0.376 e. The summed E-state index contributed by atoms with van der Waals surface area (Å²) in [5.74, 6) is 0. The monoisotopic (exact) mass is 149 g/mol. The van der Waals surface area contributed by atoms with Crippen molar-refractivity contribution in [3.63, 3.8) is 0 Å². The van der Waals surface area contributed by atoms with Gasteiger partial charge in [-0.15, -0.1) is 0 Å². The predicted octanol–water partition coefficient (Wildman–Crippen LogP) is 0.686. The molecule has 0 aliphatic carbocycles. The van der Waals surface area contributed by atoms with Gasteiger partial charge >= 0.3 is 0 Å². The number of nitrogens with one attached hydrogen (secondary N) is 1. The summed E-state index contributed by atoms with van der Waals surface area (Å²) in [7, 11) is 0. The Kier molecular flexibility index (Phi) is 2.76. The van der Waals surface area contributed by atoms with E-state index in [2.05, 4.69) is 5.32 Å².